The summed E-state index contributed by atoms with van der Waals surface area (Å²) in [6.45, 7) is 1.09. The molecule has 1 aromatic heterocycles. The van der Waals surface area contributed by atoms with Gasteiger partial charge >= 0.3 is 6.18 Å². The number of alkyl halides is 3. The number of nitrogens with zero attached hydrogens (tertiary/aromatic N) is 3. The topological polar surface area (TPSA) is 91.9 Å². The maximum absolute atomic E-state index is 13.0. The lowest BCUT2D eigenvalue weighted by Gasteiger charge is -2.36. The van der Waals surface area contributed by atoms with Crippen LogP contribution >= 0.6 is 35.4 Å². The number of halogens is 5. The molecule has 2 heterocycles. The van der Waals surface area contributed by atoms with E-state index in [4.69, 9.17) is 39.8 Å². The number of hydrogen-bond donors (Lipinski definition) is 1. The summed E-state index contributed by atoms with van der Waals surface area (Å²) in [6, 6.07) is 10.8. The van der Waals surface area contributed by atoms with Crippen LogP contribution in [0.2, 0.25) is 10.0 Å². The lowest BCUT2D eigenvalue weighted by molar-refractivity contribution is -0.384. The summed E-state index contributed by atoms with van der Waals surface area (Å²) in [5.74, 6) is 0.408. The number of carbonyl (C=O) groups excluding carboxylic acids is 1. The summed E-state index contributed by atoms with van der Waals surface area (Å²) in [4.78, 5) is 26.3. The Kier molecular flexibility index (Phi) is 8.48. The van der Waals surface area contributed by atoms with E-state index in [2.05, 4.69) is 5.32 Å². The minimum atomic E-state index is -4.69. The van der Waals surface area contributed by atoms with Crippen molar-refractivity contribution in [2.45, 2.75) is 6.18 Å². The fraction of sp³-hybridized carbons (Fsp3) is 0.200. The van der Waals surface area contributed by atoms with E-state index in [-0.39, 0.29) is 23.9 Å². The van der Waals surface area contributed by atoms with Crippen molar-refractivity contribution in [1.29, 1.82) is 0 Å². The number of hydrogen-bond acceptors (Lipinski definition) is 6. The molecule has 8 nitrogen and oxygen atoms in total. The molecule has 0 radical (unpaired) electrons. The van der Waals surface area contributed by atoms with Gasteiger partial charge in [-0.1, -0.05) is 23.2 Å². The van der Waals surface area contributed by atoms with Crippen LogP contribution in [0.15, 0.2) is 59.0 Å². The fourth-order valence-corrected chi connectivity index (χ4v) is 4.71. The number of nitro benzene ring substituents is 1. The van der Waals surface area contributed by atoms with Gasteiger partial charge in [-0.3, -0.25) is 20.2 Å². The van der Waals surface area contributed by atoms with Crippen LogP contribution in [0.4, 0.5) is 24.5 Å². The minimum absolute atomic E-state index is 0.0863. The molecule has 39 heavy (non-hydrogen) atoms. The second-order valence-corrected chi connectivity index (χ2v) is 9.62. The Morgan fingerprint density at radius 1 is 1.08 bits per heavy atom. The number of rotatable bonds is 5. The highest BCUT2D eigenvalue weighted by molar-refractivity contribution is 7.80. The van der Waals surface area contributed by atoms with Crippen molar-refractivity contribution in [2.24, 2.45) is 0 Å². The minimum Gasteiger partial charge on any atom is -0.457 e. The van der Waals surface area contributed by atoms with Crippen LogP contribution in [0.5, 0.6) is 0 Å². The molecule has 14 heteroatoms. The predicted molar refractivity (Wildman–Crippen MR) is 146 cm³/mol. The maximum atomic E-state index is 13.0. The molecule has 0 aliphatic carbocycles. The van der Waals surface area contributed by atoms with Gasteiger partial charge in [0, 0.05) is 48.9 Å². The quantitative estimate of drug-likeness (QED) is 0.157. The van der Waals surface area contributed by atoms with E-state index in [1.807, 2.05) is 0 Å². The highest BCUT2D eigenvalue weighted by Crippen LogP contribution is 2.37. The molecule has 1 aliphatic rings. The average Bonchev–Trinajstić information content (AvgIpc) is 3.35. The van der Waals surface area contributed by atoms with Crippen molar-refractivity contribution >= 4 is 63.9 Å². The molecule has 0 bridgehead atoms. The van der Waals surface area contributed by atoms with E-state index in [9.17, 15) is 28.1 Å². The van der Waals surface area contributed by atoms with Crippen LogP contribution in [0.1, 0.15) is 11.3 Å². The zero-order valence-electron chi connectivity index (χ0n) is 19.9. The molecule has 1 amide bonds. The van der Waals surface area contributed by atoms with Crippen molar-refractivity contribution in [3.05, 3.63) is 86.1 Å². The Morgan fingerprint density at radius 3 is 2.44 bits per heavy atom. The standard InChI is InChI=1S/C25H19Cl2F3N4O4S/c26-16-2-5-18(19(27)14-16)22-7-3-17(38-22)4-8-23(35)31-24(39)33-11-9-32(10-12-33)20-6-1-15(25(28,29)30)13-21(20)34(36)37/h1-8,13-14H,9-12H2,(H,31,35,39)/b8-4+. The first-order chi connectivity index (χ1) is 18.4. The van der Waals surface area contributed by atoms with Crippen LogP contribution in [0, 0.1) is 10.1 Å². The van der Waals surface area contributed by atoms with Gasteiger partial charge in [-0.25, -0.2) is 0 Å². The molecule has 1 fully saturated rings. The Morgan fingerprint density at radius 2 is 1.79 bits per heavy atom. The first-order valence-electron chi connectivity index (χ1n) is 11.4. The average molecular weight is 599 g/mol. The van der Waals surface area contributed by atoms with Crippen LogP contribution in [-0.4, -0.2) is 47.0 Å². The number of benzene rings is 2. The Hall–Kier alpha value is -3.61. The van der Waals surface area contributed by atoms with Gasteiger partial charge in [0.15, 0.2) is 5.11 Å². The largest absolute Gasteiger partial charge is 0.457 e. The van der Waals surface area contributed by atoms with Gasteiger partial charge in [0.1, 0.15) is 17.2 Å². The molecule has 4 rings (SSSR count). The Bertz CT molecular complexity index is 1450. The third-order valence-corrected chi connectivity index (χ3v) is 6.77. The molecule has 3 aromatic rings. The molecular weight excluding hydrogens is 580 g/mol. The molecule has 1 aliphatic heterocycles. The van der Waals surface area contributed by atoms with Crippen molar-refractivity contribution in [3.8, 4) is 11.3 Å². The number of piperazine rings is 1. The zero-order chi connectivity index (χ0) is 28.3. The van der Waals surface area contributed by atoms with Gasteiger partial charge in [0.05, 0.1) is 15.5 Å². The van der Waals surface area contributed by atoms with Gasteiger partial charge in [-0.15, -0.1) is 0 Å². The number of nitro groups is 1. The summed E-state index contributed by atoms with van der Waals surface area (Å²) in [6.07, 6.45) is -1.97. The van der Waals surface area contributed by atoms with Crippen molar-refractivity contribution in [1.82, 2.24) is 10.2 Å². The monoisotopic (exact) mass is 598 g/mol. The zero-order valence-corrected chi connectivity index (χ0v) is 22.2. The molecule has 204 valence electrons. The van der Waals surface area contributed by atoms with Gasteiger partial charge in [-0.2, -0.15) is 13.2 Å². The summed E-state index contributed by atoms with van der Waals surface area (Å²) >= 11 is 17.4. The van der Waals surface area contributed by atoms with Crippen molar-refractivity contribution in [2.75, 3.05) is 31.1 Å². The highest BCUT2D eigenvalue weighted by atomic mass is 35.5. The lowest BCUT2D eigenvalue weighted by Crippen LogP contribution is -2.52. The summed E-state index contributed by atoms with van der Waals surface area (Å²) in [7, 11) is 0. The van der Waals surface area contributed by atoms with Gasteiger partial charge in [0.2, 0.25) is 5.91 Å². The van der Waals surface area contributed by atoms with Gasteiger partial charge in [-0.05, 0) is 60.8 Å². The molecular formula is C25H19Cl2F3N4O4S. The fourth-order valence-electron chi connectivity index (χ4n) is 3.92. The number of furan rings is 1. The van der Waals surface area contributed by atoms with E-state index in [0.29, 0.717) is 46.3 Å². The third-order valence-electron chi connectivity index (χ3n) is 5.86. The number of carbonyl (C=O) groups is 1. The van der Waals surface area contributed by atoms with E-state index in [1.54, 1.807) is 40.1 Å². The molecule has 2 aromatic carbocycles. The van der Waals surface area contributed by atoms with Crippen LogP contribution < -0.4 is 10.2 Å². The normalized spacial score (nSPS) is 14.1. The molecule has 0 unspecified atom stereocenters. The van der Waals surface area contributed by atoms with Crippen LogP contribution in [-0.2, 0) is 11.0 Å². The Labute approximate surface area is 235 Å². The SMILES string of the molecule is O=C(/C=C/c1ccc(-c2ccc(Cl)cc2Cl)o1)NC(=S)N1CCN(c2ccc(C(F)(F)F)cc2[N+](=O)[O-])CC1. The second-order valence-electron chi connectivity index (χ2n) is 8.39. The maximum Gasteiger partial charge on any atom is 0.416 e. The third kappa shape index (κ3) is 6.88. The Balaban J connectivity index is 1.33. The number of amides is 1. The predicted octanol–water partition coefficient (Wildman–Crippen LogP) is 6.42. The first-order valence-corrected chi connectivity index (χ1v) is 12.5. The van der Waals surface area contributed by atoms with Crippen LogP contribution in [0.25, 0.3) is 17.4 Å². The summed E-state index contributed by atoms with van der Waals surface area (Å²) in [5.41, 5.74) is -0.984. The van der Waals surface area contributed by atoms with Gasteiger partial charge in [0.25, 0.3) is 5.69 Å². The molecule has 1 saturated heterocycles. The molecule has 0 saturated carbocycles. The van der Waals surface area contributed by atoms with E-state index in [1.165, 1.54) is 12.2 Å². The van der Waals surface area contributed by atoms with Gasteiger partial charge < -0.3 is 14.2 Å². The van der Waals surface area contributed by atoms with E-state index in [0.717, 1.165) is 12.1 Å². The van der Waals surface area contributed by atoms with Crippen molar-refractivity contribution in [3.63, 3.8) is 0 Å². The molecule has 1 N–H and O–H groups in total. The van der Waals surface area contributed by atoms with E-state index >= 15 is 0 Å². The first kappa shape index (κ1) is 28.4. The highest BCUT2D eigenvalue weighted by Gasteiger charge is 2.34. The van der Waals surface area contributed by atoms with E-state index < -0.39 is 28.3 Å². The lowest BCUT2D eigenvalue weighted by atomic mass is 10.1. The summed E-state index contributed by atoms with van der Waals surface area (Å²) < 4.78 is 44.7. The van der Waals surface area contributed by atoms with Crippen LogP contribution in [0.3, 0.4) is 0 Å². The summed E-state index contributed by atoms with van der Waals surface area (Å²) in [5, 5.41) is 15.1. The number of thiocarbonyl (C=S) groups is 1. The van der Waals surface area contributed by atoms with Crippen molar-refractivity contribution < 1.29 is 27.3 Å². The second kappa shape index (κ2) is 11.6. The smallest absolute Gasteiger partial charge is 0.416 e. The number of nitrogens with one attached hydrogen (secondary N) is 1. The molecule has 0 atom stereocenters. The number of anilines is 1. The molecule has 0 spiro atoms.